The van der Waals surface area contributed by atoms with Crippen molar-refractivity contribution in [2.45, 2.75) is 33.2 Å². The number of aryl methyl sites for hydroxylation is 1. The molecule has 0 spiro atoms. The van der Waals surface area contributed by atoms with Crippen LogP contribution in [0.5, 0.6) is 0 Å². The highest BCUT2D eigenvalue weighted by atomic mass is 16.2. The van der Waals surface area contributed by atoms with Crippen LogP contribution in [0.25, 0.3) is 0 Å². The molecule has 1 aromatic heterocycles. The number of urea groups is 1. The van der Waals surface area contributed by atoms with Crippen LogP contribution in [0.3, 0.4) is 0 Å². The normalized spacial score (nSPS) is 15.4. The summed E-state index contributed by atoms with van der Waals surface area (Å²) in [5.74, 6) is 0.348. The second kappa shape index (κ2) is 6.74. The van der Waals surface area contributed by atoms with Crippen molar-refractivity contribution in [3.05, 3.63) is 36.2 Å². The molecule has 0 radical (unpaired) electrons. The van der Waals surface area contributed by atoms with Gasteiger partial charge in [-0.15, -0.1) is 5.10 Å². The number of piperazine rings is 1. The molecule has 1 fully saturated rings. The number of amides is 2. The summed E-state index contributed by atoms with van der Waals surface area (Å²) in [6, 6.07) is 8.21. The van der Waals surface area contributed by atoms with Gasteiger partial charge in [0.25, 0.3) is 0 Å². The monoisotopic (exact) mass is 342 g/mol. The van der Waals surface area contributed by atoms with Gasteiger partial charge in [-0.2, -0.15) is 0 Å². The van der Waals surface area contributed by atoms with Gasteiger partial charge in [-0.05, 0) is 39.3 Å². The molecule has 0 unspecified atom stereocenters. The Morgan fingerprint density at radius 2 is 1.80 bits per heavy atom. The lowest BCUT2D eigenvalue weighted by Gasteiger charge is -2.36. The molecule has 3 rings (SSSR count). The summed E-state index contributed by atoms with van der Waals surface area (Å²) in [6.07, 6.45) is 1.64. The topological polar surface area (TPSA) is 66.3 Å². The molecule has 7 nitrogen and oxygen atoms in total. The van der Waals surface area contributed by atoms with Crippen molar-refractivity contribution in [3.8, 4) is 0 Å². The fraction of sp³-hybridized carbons (Fsp3) is 0.500. The van der Waals surface area contributed by atoms with E-state index in [2.05, 4.69) is 45.4 Å². The smallest absolute Gasteiger partial charge is 0.324 e. The van der Waals surface area contributed by atoms with Gasteiger partial charge in [0, 0.05) is 31.9 Å². The molecular formula is C18H26N6O. The molecule has 2 heterocycles. The van der Waals surface area contributed by atoms with E-state index in [-0.39, 0.29) is 11.6 Å². The molecule has 1 aliphatic heterocycles. The van der Waals surface area contributed by atoms with Gasteiger partial charge in [-0.3, -0.25) is 5.32 Å². The second-order valence-electron chi connectivity index (χ2n) is 7.37. The van der Waals surface area contributed by atoms with Crippen LogP contribution in [-0.4, -0.2) is 51.9 Å². The zero-order valence-corrected chi connectivity index (χ0v) is 15.4. The van der Waals surface area contributed by atoms with Crippen molar-refractivity contribution in [2.24, 2.45) is 0 Å². The highest BCUT2D eigenvalue weighted by Gasteiger charge is 2.23. The van der Waals surface area contributed by atoms with E-state index < -0.39 is 0 Å². The van der Waals surface area contributed by atoms with E-state index in [9.17, 15) is 4.79 Å². The molecule has 7 heteroatoms. The number of para-hydroxylation sites is 1. The third kappa shape index (κ3) is 3.92. The number of anilines is 2. The van der Waals surface area contributed by atoms with Gasteiger partial charge < -0.3 is 9.80 Å². The molecule has 2 amide bonds. The maximum Gasteiger partial charge on any atom is 0.324 e. The van der Waals surface area contributed by atoms with Gasteiger partial charge >= 0.3 is 6.03 Å². The highest BCUT2D eigenvalue weighted by molar-refractivity contribution is 5.87. The molecule has 25 heavy (non-hydrogen) atoms. The average molecular weight is 342 g/mol. The summed E-state index contributed by atoms with van der Waals surface area (Å²) >= 11 is 0. The number of carbonyl (C=O) groups is 1. The van der Waals surface area contributed by atoms with Crippen LogP contribution in [0, 0.1) is 6.92 Å². The van der Waals surface area contributed by atoms with Crippen molar-refractivity contribution < 1.29 is 4.79 Å². The Bertz CT molecular complexity index is 740. The van der Waals surface area contributed by atoms with Crippen molar-refractivity contribution >= 4 is 17.7 Å². The molecule has 0 atom stereocenters. The summed E-state index contributed by atoms with van der Waals surface area (Å²) in [4.78, 5) is 20.8. The summed E-state index contributed by atoms with van der Waals surface area (Å²) in [5.41, 5.74) is 2.35. The van der Waals surface area contributed by atoms with Crippen LogP contribution in [0.2, 0.25) is 0 Å². The van der Waals surface area contributed by atoms with Crippen molar-refractivity contribution in [1.29, 1.82) is 0 Å². The average Bonchev–Trinajstić information content (AvgIpc) is 3.04. The predicted molar refractivity (Wildman–Crippen MR) is 99.0 cm³/mol. The first-order chi connectivity index (χ1) is 11.8. The third-order valence-corrected chi connectivity index (χ3v) is 4.42. The Labute approximate surface area is 148 Å². The van der Waals surface area contributed by atoms with Crippen LogP contribution < -0.4 is 10.2 Å². The molecular weight excluding hydrogens is 316 g/mol. The first kappa shape index (κ1) is 17.3. The first-order valence-electron chi connectivity index (χ1n) is 8.63. The Hall–Kier alpha value is -2.57. The fourth-order valence-corrected chi connectivity index (χ4v) is 2.89. The molecule has 1 N–H and O–H groups in total. The molecule has 0 bridgehead atoms. The van der Waals surface area contributed by atoms with E-state index >= 15 is 0 Å². The second-order valence-corrected chi connectivity index (χ2v) is 7.37. The van der Waals surface area contributed by atoms with E-state index in [0.717, 1.165) is 13.1 Å². The minimum atomic E-state index is -0.158. The summed E-state index contributed by atoms with van der Waals surface area (Å²) < 4.78 is 1.75. The number of aromatic nitrogens is 3. The quantitative estimate of drug-likeness (QED) is 0.911. The lowest BCUT2D eigenvalue weighted by molar-refractivity contribution is 0.208. The van der Waals surface area contributed by atoms with Gasteiger partial charge in [0.05, 0.1) is 5.54 Å². The standard InChI is InChI=1S/C18H26N6O/c1-14-7-5-6-8-15(14)22-9-11-23(12-10-22)17(25)20-16-19-13-24(21-16)18(2,3)4/h5-8,13H,9-12H2,1-4H3,(H,20,21,25). The van der Waals surface area contributed by atoms with E-state index in [1.807, 2.05) is 31.7 Å². The van der Waals surface area contributed by atoms with Gasteiger partial charge in [-0.1, -0.05) is 18.2 Å². The third-order valence-electron chi connectivity index (χ3n) is 4.42. The summed E-state index contributed by atoms with van der Waals surface area (Å²) in [7, 11) is 0. The van der Waals surface area contributed by atoms with Crippen LogP contribution in [0.15, 0.2) is 30.6 Å². The van der Waals surface area contributed by atoms with E-state index in [4.69, 9.17) is 0 Å². The zero-order chi connectivity index (χ0) is 18.0. The minimum absolute atomic E-state index is 0.143. The van der Waals surface area contributed by atoms with Crippen LogP contribution in [0.1, 0.15) is 26.3 Å². The van der Waals surface area contributed by atoms with Gasteiger partial charge in [0.1, 0.15) is 6.33 Å². The molecule has 0 saturated carbocycles. The minimum Gasteiger partial charge on any atom is -0.368 e. The Balaban J connectivity index is 1.57. The maximum atomic E-state index is 12.4. The number of rotatable bonds is 2. The van der Waals surface area contributed by atoms with Crippen molar-refractivity contribution in [2.75, 3.05) is 36.4 Å². The number of carbonyl (C=O) groups excluding carboxylic acids is 1. The summed E-state index contributed by atoms with van der Waals surface area (Å²) in [6.45, 7) is 11.2. The van der Waals surface area contributed by atoms with Crippen molar-refractivity contribution in [3.63, 3.8) is 0 Å². The number of nitrogens with zero attached hydrogens (tertiary/aromatic N) is 5. The molecule has 1 aliphatic rings. The molecule has 1 saturated heterocycles. The Morgan fingerprint density at radius 3 is 2.40 bits per heavy atom. The van der Waals surface area contributed by atoms with Crippen LogP contribution >= 0.6 is 0 Å². The molecule has 0 aliphatic carbocycles. The first-order valence-corrected chi connectivity index (χ1v) is 8.63. The van der Waals surface area contributed by atoms with Gasteiger partial charge in [-0.25, -0.2) is 14.5 Å². The zero-order valence-electron chi connectivity index (χ0n) is 15.4. The number of hydrogen-bond donors (Lipinski definition) is 1. The Kier molecular flexibility index (Phi) is 4.65. The SMILES string of the molecule is Cc1ccccc1N1CCN(C(=O)Nc2ncn(C(C)(C)C)n2)CC1. The molecule has 1 aromatic carbocycles. The maximum absolute atomic E-state index is 12.4. The largest absolute Gasteiger partial charge is 0.368 e. The molecule has 2 aromatic rings. The van der Waals surface area contributed by atoms with E-state index in [0.29, 0.717) is 19.0 Å². The van der Waals surface area contributed by atoms with Crippen LogP contribution in [-0.2, 0) is 5.54 Å². The van der Waals surface area contributed by atoms with Gasteiger partial charge in [0.15, 0.2) is 0 Å². The number of benzene rings is 1. The summed E-state index contributed by atoms with van der Waals surface area (Å²) in [5, 5.41) is 7.12. The highest BCUT2D eigenvalue weighted by Crippen LogP contribution is 2.21. The number of nitrogens with one attached hydrogen (secondary N) is 1. The molecule has 134 valence electrons. The van der Waals surface area contributed by atoms with Crippen LogP contribution in [0.4, 0.5) is 16.4 Å². The van der Waals surface area contributed by atoms with Gasteiger partial charge in [0.2, 0.25) is 5.95 Å². The Morgan fingerprint density at radius 1 is 1.12 bits per heavy atom. The van der Waals surface area contributed by atoms with E-state index in [1.54, 1.807) is 11.0 Å². The number of hydrogen-bond acceptors (Lipinski definition) is 4. The van der Waals surface area contributed by atoms with Crippen molar-refractivity contribution in [1.82, 2.24) is 19.7 Å². The lowest BCUT2D eigenvalue weighted by atomic mass is 10.1. The fourth-order valence-electron chi connectivity index (χ4n) is 2.89. The predicted octanol–water partition coefficient (Wildman–Crippen LogP) is 2.70. The lowest BCUT2D eigenvalue weighted by Crippen LogP contribution is -2.50. The van der Waals surface area contributed by atoms with E-state index in [1.165, 1.54) is 11.3 Å².